The number of hydrogen-bond acceptors (Lipinski definition) is 2. The highest BCUT2D eigenvalue weighted by atomic mass is 16.2. The summed E-state index contributed by atoms with van der Waals surface area (Å²) in [6.07, 6.45) is 0.767. The van der Waals surface area contributed by atoms with Crippen LogP contribution in [0.25, 0.3) is 0 Å². The van der Waals surface area contributed by atoms with Crippen LogP contribution < -0.4 is 5.73 Å². The fourth-order valence-electron chi connectivity index (χ4n) is 1.05. The Balaban J connectivity index is 3.92. The second kappa shape index (κ2) is 5.14. The number of carbonyl (C=O) groups excluding carboxylic acids is 1. The average Bonchev–Trinajstić information content (AvgIpc) is 2.00. The van der Waals surface area contributed by atoms with Crippen molar-refractivity contribution in [2.75, 3.05) is 13.6 Å². The summed E-state index contributed by atoms with van der Waals surface area (Å²) < 4.78 is 0. The van der Waals surface area contributed by atoms with Crippen LogP contribution in [-0.4, -0.2) is 30.4 Å². The summed E-state index contributed by atoms with van der Waals surface area (Å²) in [6, 6.07) is -0.324. The molecular weight excluding hydrogens is 152 g/mol. The molecule has 0 aromatic rings. The van der Waals surface area contributed by atoms with Crippen LogP contribution in [0.3, 0.4) is 0 Å². The van der Waals surface area contributed by atoms with Gasteiger partial charge in [-0.1, -0.05) is 13.8 Å². The van der Waals surface area contributed by atoms with Gasteiger partial charge in [0.05, 0.1) is 6.04 Å². The molecule has 0 aliphatic carbocycles. The monoisotopic (exact) mass is 172 g/mol. The third-order valence-electron chi connectivity index (χ3n) is 1.89. The number of rotatable bonds is 4. The molecule has 1 atom stereocenters. The molecule has 0 unspecified atom stereocenters. The van der Waals surface area contributed by atoms with Crippen LogP contribution in [0.5, 0.6) is 0 Å². The summed E-state index contributed by atoms with van der Waals surface area (Å²) in [6.45, 7) is 6.81. The van der Waals surface area contributed by atoms with Gasteiger partial charge in [-0.25, -0.2) is 0 Å². The molecular formula is C9H20N2O. The zero-order valence-corrected chi connectivity index (χ0v) is 8.50. The highest BCUT2D eigenvalue weighted by molar-refractivity contribution is 5.81. The summed E-state index contributed by atoms with van der Waals surface area (Å²) in [5.41, 5.74) is 5.70. The maximum Gasteiger partial charge on any atom is 0.239 e. The second-order valence-corrected chi connectivity index (χ2v) is 3.59. The Morgan fingerprint density at radius 2 is 2.00 bits per heavy atom. The normalized spacial score (nSPS) is 13.2. The Kier molecular flexibility index (Phi) is 4.90. The summed E-state index contributed by atoms with van der Waals surface area (Å²) in [7, 11) is 1.78. The number of amides is 1. The molecule has 0 aromatic heterocycles. The standard InChI is InChI=1S/C9H20N2O/c1-5-11(4)9(12)8(10)6-7(2)3/h7-8H,5-6,10H2,1-4H3/t8-/m1/s1. The first-order valence-corrected chi connectivity index (χ1v) is 4.49. The molecule has 0 radical (unpaired) electrons. The largest absolute Gasteiger partial charge is 0.345 e. The van der Waals surface area contributed by atoms with Crippen LogP contribution in [0.1, 0.15) is 27.2 Å². The molecule has 0 aliphatic rings. The molecule has 0 heterocycles. The summed E-state index contributed by atoms with van der Waals surface area (Å²) in [5.74, 6) is 0.528. The molecule has 0 saturated carbocycles. The summed E-state index contributed by atoms with van der Waals surface area (Å²) >= 11 is 0. The van der Waals surface area contributed by atoms with E-state index >= 15 is 0 Å². The molecule has 72 valence electrons. The molecule has 0 bridgehead atoms. The Morgan fingerprint density at radius 1 is 1.50 bits per heavy atom. The minimum atomic E-state index is -0.324. The SMILES string of the molecule is CCN(C)C(=O)[C@H](N)CC(C)C. The van der Waals surface area contributed by atoms with Crippen molar-refractivity contribution in [3.05, 3.63) is 0 Å². The molecule has 0 aliphatic heterocycles. The molecule has 0 saturated heterocycles. The average molecular weight is 172 g/mol. The number of hydrogen-bond donors (Lipinski definition) is 1. The Bertz CT molecular complexity index is 145. The Hall–Kier alpha value is -0.570. The predicted molar refractivity (Wildman–Crippen MR) is 50.7 cm³/mol. The van der Waals surface area contributed by atoms with Gasteiger partial charge in [0, 0.05) is 13.6 Å². The number of likely N-dealkylation sites (N-methyl/N-ethyl adjacent to an activating group) is 1. The minimum Gasteiger partial charge on any atom is -0.345 e. The first-order valence-electron chi connectivity index (χ1n) is 4.49. The molecule has 2 N–H and O–H groups in total. The van der Waals surface area contributed by atoms with Crippen molar-refractivity contribution in [1.29, 1.82) is 0 Å². The van der Waals surface area contributed by atoms with E-state index in [1.54, 1.807) is 11.9 Å². The quantitative estimate of drug-likeness (QED) is 0.683. The van der Waals surface area contributed by atoms with Gasteiger partial charge in [-0.3, -0.25) is 4.79 Å². The lowest BCUT2D eigenvalue weighted by Gasteiger charge is -2.20. The van der Waals surface area contributed by atoms with Gasteiger partial charge >= 0.3 is 0 Å². The Labute approximate surface area is 74.9 Å². The first kappa shape index (κ1) is 11.4. The zero-order chi connectivity index (χ0) is 9.72. The summed E-state index contributed by atoms with van der Waals surface area (Å²) in [5, 5.41) is 0. The van der Waals surface area contributed by atoms with Crippen molar-refractivity contribution >= 4 is 5.91 Å². The highest BCUT2D eigenvalue weighted by Gasteiger charge is 2.17. The molecule has 0 fully saturated rings. The van der Waals surface area contributed by atoms with Crippen LogP contribution in [0.2, 0.25) is 0 Å². The number of nitrogens with zero attached hydrogens (tertiary/aromatic N) is 1. The van der Waals surface area contributed by atoms with Crippen LogP contribution in [0.4, 0.5) is 0 Å². The zero-order valence-electron chi connectivity index (χ0n) is 8.50. The molecule has 0 aromatic carbocycles. The van der Waals surface area contributed by atoms with Crippen LogP contribution in [-0.2, 0) is 4.79 Å². The molecule has 0 rings (SSSR count). The molecule has 1 amide bonds. The van der Waals surface area contributed by atoms with Gasteiger partial charge in [0.25, 0.3) is 0 Å². The summed E-state index contributed by atoms with van der Waals surface area (Å²) in [4.78, 5) is 13.1. The third kappa shape index (κ3) is 3.72. The van der Waals surface area contributed by atoms with Gasteiger partial charge in [-0.2, -0.15) is 0 Å². The van der Waals surface area contributed by atoms with Crippen molar-refractivity contribution in [1.82, 2.24) is 4.90 Å². The van der Waals surface area contributed by atoms with E-state index in [4.69, 9.17) is 5.73 Å². The molecule has 12 heavy (non-hydrogen) atoms. The maximum absolute atomic E-state index is 11.4. The molecule has 0 spiro atoms. The first-order chi connectivity index (χ1) is 5.49. The van der Waals surface area contributed by atoms with E-state index in [1.807, 2.05) is 6.92 Å². The van der Waals surface area contributed by atoms with Crippen molar-refractivity contribution in [2.24, 2.45) is 11.7 Å². The highest BCUT2D eigenvalue weighted by Crippen LogP contribution is 2.04. The van der Waals surface area contributed by atoms with E-state index in [0.29, 0.717) is 5.92 Å². The van der Waals surface area contributed by atoms with Gasteiger partial charge in [-0.05, 0) is 19.3 Å². The van der Waals surface area contributed by atoms with E-state index < -0.39 is 0 Å². The predicted octanol–water partition coefficient (Wildman–Crippen LogP) is 0.838. The van der Waals surface area contributed by atoms with Gasteiger partial charge in [-0.15, -0.1) is 0 Å². The van der Waals surface area contributed by atoms with Gasteiger partial charge in [0.1, 0.15) is 0 Å². The van der Waals surface area contributed by atoms with Crippen molar-refractivity contribution in [3.8, 4) is 0 Å². The van der Waals surface area contributed by atoms with Crippen LogP contribution in [0.15, 0.2) is 0 Å². The van der Waals surface area contributed by atoms with E-state index in [0.717, 1.165) is 13.0 Å². The van der Waals surface area contributed by atoms with E-state index in [9.17, 15) is 4.79 Å². The fraction of sp³-hybridized carbons (Fsp3) is 0.889. The minimum absolute atomic E-state index is 0.0474. The van der Waals surface area contributed by atoms with Crippen molar-refractivity contribution in [3.63, 3.8) is 0 Å². The van der Waals surface area contributed by atoms with Crippen LogP contribution >= 0.6 is 0 Å². The lowest BCUT2D eigenvalue weighted by Crippen LogP contribution is -2.42. The van der Waals surface area contributed by atoms with E-state index in [1.165, 1.54) is 0 Å². The topological polar surface area (TPSA) is 46.3 Å². The van der Waals surface area contributed by atoms with Gasteiger partial charge in [0.15, 0.2) is 0 Å². The molecule has 3 heteroatoms. The van der Waals surface area contributed by atoms with Crippen molar-refractivity contribution in [2.45, 2.75) is 33.2 Å². The third-order valence-corrected chi connectivity index (χ3v) is 1.89. The van der Waals surface area contributed by atoms with Crippen LogP contribution in [0, 0.1) is 5.92 Å². The van der Waals surface area contributed by atoms with Gasteiger partial charge in [0.2, 0.25) is 5.91 Å². The second-order valence-electron chi connectivity index (χ2n) is 3.59. The maximum atomic E-state index is 11.4. The molecule has 3 nitrogen and oxygen atoms in total. The fourth-order valence-corrected chi connectivity index (χ4v) is 1.05. The number of nitrogens with two attached hydrogens (primary N) is 1. The van der Waals surface area contributed by atoms with Gasteiger partial charge < -0.3 is 10.6 Å². The van der Waals surface area contributed by atoms with E-state index in [2.05, 4.69) is 13.8 Å². The van der Waals surface area contributed by atoms with Crippen molar-refractivity contribution < 1.29 is 4.79 Å². The Morgan fingerprint density at radius 3 is 2.33 bits per heavy atom. The lowest BCUT2D eigenvalue weighted by atomic mass is 10.0. The smallest absolute Gasteiger partial charge is 0.239 e. The lowest BCUT2D eigenvalue weighted by molar-refractivity contribution is -0.131. The van der Waals surface area contributed by atoms with E-state index in [-0.39, 0.29) is 11.9 Å². The number of carbonyl (C=O) groups is 1.